The Morgan fingerprint density at radius 1 is 1.15 bits per heavy atom. The number of piperazine rings is 1. The number of carbonyl (C=O) groups excluding carboxylic acids is 2. The van der Waals surface area contributed by atoms with E-state index in [9.17, 15) is 19.8 Å². The Morgan fingerprint density at radius 2 is 1.80 bits per heavy atom. The minimum atomic E-state index is -0.211. The largest absolute Gasteiger partial charge is 0.508 e. The van der Waals surface area contributed by atoms with Gasteiger partial charge in [0.15, 0.2) is 5.78 Å². The molecule has 1 fully saturated rings. The summed E-state index contributed by atoms with van der Waals surface area (Å²) in [5.41, 5.74) is 0.205. The van der Waals surface area contributed by atoms with Crippen molar-refractivity contribution in [3.05, 3.63) is 23.8 Å². The van der Waals surface area contributed by atoms with Gasteiger partial charge in [0.25, 0.3) is 0 Å². The average molecular weight is 278 g/mol. The third-order valence-electron chi connectivity index (χ3n) is 3.47. The topological polar surface area (TPSA) is 81.1 Å². The highest BCUT2D eigenvalue weighted by atomic mass is 16.3. The molecular weight excluding hydrogens is 260 g/mol. The van der Waals surface area contributed by atoms with Crippen LogP contribution in [0.4, 0.5) is 0 Å². The van der Waals surface area contributed by atoms with Crippen molar-refractivity contribution in [1.82, 2.24) is 9.80 Å². The molecule has 0 unspecified atom stereocenters. The number of nitrogens with zero attached hydrogens (tertiary/aromatic N) is 2. The van der Waals surface area contributed by atoms with Crippen LogP contribution in [-0.4, -0.2) is 64.4 Å². The molecule has 2 rings (SSSR count). The van der Waals surface area contributed by atoms with Crippen LogP contribution in [0.2, 0.25) is 0 Å². The molecule has 0 atom stereocenters. The zero-order valence-corrected chi connectivity index (χ0v) is 11.4. The van der Waals surface area contributed by atoms with Crippen molar-refractivity contribution in [3.63, 3.8) is 0 Å². The molecule has 1 aromatic rings. The molecule has 2 N–H and O–H groups in total. The third kappa shape index (κ3) is 3.27. The Bertz CT molecular complexity index is 522. The monoisotopic (exact) mass is 278 g/mol. The van der Waals surface area contributed by atoms with Gasteiger partial charge >= 0.3 is 0 Å². The van der Waals surface area contributed by atoms with Gasteiger partial charge in [-0.15, -0.1) is 0 Å². The summed E-state index contributed by atoms with van der Waals surface area (Å²) >= 11 is 0. The lowest BCUT2D eigenvalue weighted by molar-refractivity contribution is -0.130. The fourth-order valence-electron chi connectivity index (χ4n) is 2.26. The van der Waals surface area contributed by atoms with E-state index >= 15 is 0 Å². The molecule has 6 heteroatoms. The van der Waals surface area contributed by atoms with Gasteiger partial charge < -0.3 is 15.1 Å². The summed E-state index contributed by atoms with van der Waals surface area (Å²) in [4.78, 5) is 27.0. The van der Waals surface area contributed by atoms with Gasteiger partial charge in [-0.05, 0) is 12.1 Å². The van der Waals surface area contributed by atoms with E-state index in [1.54, 1.807) is 4.90 Å². The molecule has 1 heterocycles. The van der Waals surface area contributed by atoms with Gasteiger partial charge in [0.05, 0.1) is 12.1 Å². The molecule has 0 aromatic heterocycles. The van der Waals surface area contributed by atoms with Crippen molar-refractivity contribution in [3.8, 4) is 11.5 Å². The Morgan fingerprint density at radius 3 is 2.35 bits per heavy atom. The molecule has 0 bridgehead atoms. The fourth-order valence-corrected chi connectivity index (χ4v) is 2.26. The molecule has 20 heavy (non-hydrogen) atoms. The minimum Gasteiger partial charge on any atom is -0.508 e. The maximum Gasteiger partial charge on any atom is 0.219 e. The zero-order chi connectivity index (χ0) is 14.7. The van der Waals surface area contributed by atoms with Gasteiger partial charge in [0, 0.05) is 39.2 Å². The number of Topliss-reactive ketones (excluding diaryl/α,β-unsaturated/α-hetero) is 1. The number of rotatable bonds is 3. The second-order valence-corrected chi connectivity index (χ2v) is 4.91. The van der Waals surface area contributed by atoms with Crippen LogP contribution < -0.4 is 0 Å². The molecule has 1 aliphatic rings. The smallest absolute Gasteiger partial charge is 0.219 e. The van der Waals surface area contributed by atoms with Crippen molar-refractivity contribution >= 4 is 11.7 Å². The van der Waals surface area contributed by atoms with Crippen molar-refractivity contribution in [1.29, 1.82) is 0 Å². The predicted octanol–water partition coefficient (Wildman–Crippen LogP) is 0.445. The van der Waals surface area contributed by atoms with Crippen LogP contribution in [0.1, 0.15) is 17.3 Å². The Balaban J connectivity index is 1.94. The highest BCUT2D eigenvalue weighted by molar-refractivity contribution is 6.00. The molecule has 1 aliphatic heterocycles. The lowest BCUT2D eigenvalue weighted by atomic mass is 10.1. The molecule has 0 aliphatic carbocycles. The SMILES string of the molecule is CC(=O)N1CCN(CC(=O)c2ccc(O)cc2O)CC1. The normalized spacial score (nSPS) is 16.1. The van der Waals surface area contributed by atoms with Crippen LogP contribution in [0.25, 0.3) is 0 Å². The quantitative estimate of drug-likeness (QED) is 0.784. The summed E-state index contributed by atoms with van der Waals surface area (Å²) in [7, 11) is 0. The minimum absolute atomic E-state index is 0.0483. The lowest BCUT2D eigenvalue weighted by Crippen LogP contribution is -2.49. The van der Waals surface area contributed by atoms with E-state index in [1.165, 1.54) is 19.1 Å². The molecule has 0 radical (unpaired) electrons. The van der Waals surface area contributed by atoms with Crippen molar-refractivity contribution in [2.24, 2.45) is 0 Å². The number of aromatic hydroxyl groups is 2. The van der Waals surface area contributed by atoms with Gasteiger partial charge in [-0.3, -0.25) is 14.5 Å². The number of benzene rings is 1. The van der Waals surface area contributed by atoms with E-state index < -0.39 is 0 Å². The number of phenolic OH excluding ortho intramolecular Hbond substituents is 2. The number of ketones is 1. The van der Waals surface area contributed by atoms with E-state index in [4.69, 9.17) is 0 Å². The first-order valence-electron chi connectivity index (χ1n) is 6.50. The zero-order valence-electron chi connectivity index (χ0n) is 11.4. The first kappa shape index (κ1) is 14.3. The number of phenols is 2. The van der Waals surface area contributed by atoms with Crippen LogP contribution in [0.5, 0.6) is 11.5 Å². The predicted molar refractivity (Wildman–Crippen MR) is 72.8 cm³/mol. The molecule has 0 saturated carbocycles. The second-order valence-electron chi connectivity index (χ2n) is 4.91. The van der Waals surface area contributed by atoms with Crippen LogP contribution in [-0.2, 0) is 4.79 Å². The fraction of sp³-hybridized carbons (Fsp3) is 0.429. The van der Waals surface area contributed by atoms with Crippen molar-refractivity contribution in [2.45, 2.75) is 6.92 Å². The first-order valence-corrected chi connectivity index (χ1v) is 6.50. The van der Waals surface area contributed by atoms with Crippen molar-refractivity contribution < 1.29 is 19.8 Å². The molecule has 1 aromatic carbocycles. The van der Waals surface area contributed by atoms with Crippen LogP contribution in [0.3, 0.4) is 0 Å². The van der Waals surface area contributed by atoms with E-state index in [2.05, 4.69) is 0 Å². The Labute approximate surface area is 117 Å². The molecule has 0 spiro atoms. The Kier molecular flexibility index (Phi) is 4.24. The van der Waals surface area contributed by atoms with Gasteiger partial charge in [-0.2, -0.15) is 0 Å². The summed E-state index contributed by atoms with van der Waals surface area (Å²) in [6, 6.07) is 3.94. The summed E-state index contributed by atoms with van der Waals surface area (Å²) in [5, 5.41) is 18.9. The van der Waals surface area contributed by atoms with Gasteiger partial charge in [0.1, 0.15) is 11.5 Å². The summed E-state index contributed by atoms with van der Waals surface area (Å²) < 4.78 is 0. The highest BCUT2D eigenvalue weighted by Gasteiger charge is 2.21. The Hall–Kier alpha value is -2.08. The van der Waals surface area contributed by atoms with Crippen molar-refractivity contribution in [2.75, 3.05) is 32.7 Å². The maximum absolute atomic E-state index is 12.1. The first-order chi connectivity index (χ1) is 9.47. The van der Waals surface area contributed by atoms with Crippen LogP contribution in [0, 0.1) is 0 Å². The molecule has 6 nitrogen and oxygen atoms in total. The van der Waals surface area contributed by atoms with Crippen LogP contribution in [0.15, 0.2) is 18.2 Å². The molecule has 1 saturated heterocycles. The van der Waals surface area contributed by atoms with E-state index in [-0.39, 0.29) is 35.3 Å². The summed E-state index contributed by atoms with van der Waals surface area (Å²) in [6.07, 6.45) is 0. The van der Waals surface area contributed by atoms with E-state index in [1.807, 2.05) is 4.90 Å². The number of amides is 1. The van der Waals surface area contributed by atoms with E-state index in [0.717, 1.165) is 6.07 Å². The third-order valence-corrected chi connectivity index (χ3v) is 3.47. The number of hydrogen-bond donors (Lipinski definition) is 2. The number of carbonyl (C=O) groups is 2. The summed E-state index contributed by atoms with van der Waals surface area (Å²) in [5.74, 6) is -0.433. The molecular formula is C14H18N2O4. The summed E-state index contributed by atoms with van der Waals surface area (Å²) in [6.45, 7) is 4.25. The molecule has 1 amide bonds. The number of hydrogen-bond acceptors (Lipinski definition) is 5. The standard InChI is InChI=1S/C14H18N2O4/c1-10(17)16-6-4-15(5-7-16)9-14(20)12-3-2-11(18)8-13(12)19/h2-3,8,18-19H,4-7,9H2,1H3. The maximum atomic E-state index is 12.1. The van der Waals surface area contributed by atoms with Gasteiger partial charge in [-0.25, -0.2) is 0 Å². The lowest BCUT2D eigenvalue weighted by Gasteiger charge is -2.33. The van der Waals surface area contributed by atoms with Crippen LogP contribution >= 0.6 is 0 Å². The highest BCUT2D eigenvalue weighted by Crippen LogP contribution is 2.23. The second kappa shape index (κ2) is 5.92. The average Bonchev–Trinajstić information content (AvgIpc) is 2.39. The van der Waals surface area contributed by atoms with Gasteiger partial charge in [0.2, 0.25) is 5.91 Å². The van der Waals surface area contributed by atoms with Gasteiger partial charge in [-0.1, -0.05) is 0 Å². The molecule has 108 valence electrons. The van der Waals surface area contributed by atoms with E-state index in [0.29, 0.717) is 26.2 Å².